The summed E-state index contributed by atoms with van der Waals surface area (Å²) in [6, 6.07) is -0.542. The molecule has 8 heteroatoms. The third-order valence-electron chi connectivity index (χ3n) is 6.75. The summed E-state index contributed by atoms with van der Waals surface area (Å²) in [6.45, 7) is 12.4. The Labute approximate surface area is 191 Å². The van der Waals surface area contributed by atoms with Crippen LogP contribution in [0.1, 0.15) is 80.1 Å². The number of amides is 2. The van der Waals surface area contributed by atoms with E-state index in [1.807, 2.05) is 41.5 Å². The van der Waals surface area contributed by atoms with E-state index in [4.69, 9.17) is 9.47 Å². The summed E-state index contributed by atoms with van der Waals surface area (Å²) in [7, 11) is 0. The number of hydrogen-bond donors (Lipinski definition) is 0. The highest BCUT2D eigenvalue weighted by Crippen LogP contribution is 2.56. The van der Waals surface area contributed by atoms with Crippen molar-refractivity contribution in [2.24, 2.45) is 10.8 Å². The highest BCUT2D eigenvalue weighted by atomic mass is 16.6. The molecule has 2 saturated heterocycles. The van der Waals surface area contributed by atoms with Gasteiger partial charge in [0.2, 0.25) is 0 Å². The van der Waals surface area contributed by atoms with E-state index in [-0.39, 0.29) is 35.1 Å². The molecule has 0 aromatic heterocycles. The number of likely N-dealkylation sites (tertiary alicyclic amines) is 2. The molecule has 4 aliphatic rings. The Balaban J connectivity index is 0.000000181. The maximum atomic E-state index is 11.9. The predicted molar refractivity (Wildman–Crippen MR) is 118 cm³/mol. The molecule has 8 nitrogen and oxygen atoms in total. The molecule has 0 bridgehead atoms. The summed E-state index contributed by atoms with van der Waals surface area (Å²) < 4.78 is 10.6. The Morgan fingerprint density at radius 1 is 0.812 bits per heavy atom. The van der Waals surface area contributed by atoms with Crippen LogP contribution < -0.4 is 0 Å². The Morgan fingerprint density at radius 3 is 1.75 bits per heavy atom. The van der Waals surface area contributed by atoms with Gasteiger partial charge in [0.15, 0.2) is 0 Å². The van der Waals surface area contributed by atoms with Gasteiger partial charge in [-0.25, -0.2) is 9.59 Å². The average molecular weight is 451 g/mol. The summed E-state index contributed by atoms with van der Waals surface area (Å²) in [4.78, 5) is 49.0. The molecular formula is C24H38N2O6. The molecule has 2 aliphatic heterocycles. The van der Waals surface area contributed by atoms with Crippen molar-refractivity contribution in [2.45, 2.75) is 103 Å². The molecule has 4 fully saturated rings. The van der Waals surface area contributed by atoms with E-state index >= 15 is 0 Å². The normalized spacial score (nSPS) is 26.9. The molecule has 0 aromatic rings. The number of rotatable bonds is 2. The van der Waals surface area contributed by atoms with E-state index in [0.29, 0.717) is 13.1 Å². The van der Waals surface area contributed by atoms with Gasteiger partial charge in [0.25, 0.3) is 0 Å². The summed E-state index contributed by atoms with van der Waals surface area (Å²) in [5, 5.41) is 0. The van der Waals surface area contributed by atoms with Gasteiger partial charge in [0.05, 0.1) is 12.1 Å². The van der Waals surface area contributed by atoms with Crippen LogP contribution in [-0.4, -0.2) is 70.9 Å². The van der Waals surface area contributed by atoms with E-state index in [1.54, 1.807) is 9.80 Å². The second kappa shape index (κ2) is 8.34. The molecule has 2 heterocycles. The second-order valence-corrected chi connectivity index (χ2v) is 11.9. The van der Waals surface area contributed by atoms with Crippen molar-refractivity contribution < 1.29 is 28.7 Å². The molecule has 2 spiro atoms. The van der Waals surface area contributed by atoms with Crippen LogP contribution in [0.3, 0.4) is 0 Å². The first-order chi connectivity index (χ1) is 14.7. The molecular weight excluding hydrogens is 412 g/mol. The predicted octanol–water partition coefficient (Wildman–Crippen LogP) is 3.95. The Hall–Kier alpha value is -2.12. The van der Waals surface area contributed by atoms with Gasteiger partial charge >= 0.3 is 12.2 Å². The van der Waals surface area contributed by atoms with E-state index < -0.39 is 11.2 Å². The first-order valence-corrected chi connectivity index (χ1v) is 11.6. The monoisotopic (exact) mass is 450 g/mol. The lowest BCUT2D eigenvalue weighted by molar-refractivity contribution is -0.113. The van der Waals surface area contributed by atoms with Crippen molar-refractivity contribution in [2.75, 3.05) is 13.1 Å². The van der Waals surface area contributed by atoms with Crippen molar-refractivity contribution in [3.05, 3.63) is 0 Å². The molecule has 0 N–H and O–H groups in total. The topological polar surface area (TPSA) is 93.2 Å². The molecule has 180 valence electrons. The van der Waals surface area contributed by atoms with Gasteiger partial charge < -0.3 is 19.1 Å². The van der Waals surface area contributed by atoms with Crippen LogP contribution in [-0.2, 0) is 19.1 Å². The summed E-state index contributed by atoms with van der Waals surface area (Å²) in [5.74, 6) is 0. The molecule has 32 heavy (non-hydrogen) atoms. The van der Waals surface area contributed by atoms with Gasteiger partial charge in [-0.2, -0.15) is 0 Å². The fourth-order valence-corrected chi connectivity index (χ4v) is 4.69. The minimum absolute atomic E-state index is 0.0959. The van der Waals surface area contributed by atoms with Gasteiger partial charge in [-0.3, -0.25) is 9.80 Å². The van der Waals surface area contributed by atoms with Gasteiger partial charge in [0.1, 0.15) is 23.8 Å². The number of nitrogens with zero attached hydrogens (tertiary/aromatic N) is 2. The first-order valence-electron chi connectivity index (χ1n) is 11.6. The van der Waals surface area contributed by atoms with E-state index in [0.717, 1.165) is 51.1 Å². The fraction of sp³-hybridized carbons (Fsp3) is 0.833. The second-order valence-electron chi connectivity index (χ2n) is 11.9. The van der Waals surface area contributed by atoms with Crippen molar-refractivity contribution in [3.8, 4) is 0 Å². The average Bonchev–Trinajstić information content (AvgIpc) is 3.50. The Bertz CT molecular complexity index is 731. The molecule has 2 aliphatic carbocycles. The van der Waals surface area contributed by atoms with E-state index in [9.17, 15) is 19.2 Å². The van der Waals surface area contributed by atoms with Crippen LogP contribution in [0.15, 0.2) is 0 Å². The van der Waals surface area contributed by atoms with Crippen LogP contribution in [0, 0.1) is 10.8 Å². The largest absolute Gasteiger partial charge is 0.444 e. The standard InChI is InChI=1S/2C12H19NO3/c1-11(2,3)16-10(15)13-8-12(4-5-12)6-9(13)7-14;1-11(2,3)16-10(15)13-7-6-12(4-5-12)9(13)8-14/h7,9H,4-6,8H2,1-3H3;8-9H,4-7H2,1-3H3/t;9-/m.0/s1. The van der Waals surface area contributed by atoms with Gasteiger partial charge in [-0.1, -0.05) is 0 Å². The molecule has 1 unspecified atom stereocenters. The zero-order chi connectivity index (χ0) is 23.9. The zero-order valence-corrected chi connectivity index (χ0v) is 20.3. The first kappa shape index (κ1) is 24.5. The maximum absolute atomic E-state index is 11.9. The lowest BCUT2D eigenvalue weighted by Crippen LogP contribution is -2.42. The maximum Gasteiger partial charge on any atom is 0.410 e. The van der Waals surface area contributed by atoms with E-state index in [1.165, 1.54) is 0 Å². The van der Waals surface area contributed by atoms with E-state index in [2.05, 4.69) is 0 Å². The highest BCUT2D eigenvalue weighted by Gasteiger charge is 2.57. The van der Waals surface area contributed by atoms with Crippen LogP contribution in [0.2, 0.25) is 0 Å². The molecule has 0 radical (unpaired) electrons. The zero-order valence-electron chi connectivity index (χ0n) is 20.3. The Kier molecular flexibility index (Phi) is 6.39. The highest BCUT2D eigenvalue weighted by molar-refractivity contribution is 5.76. The van der Waals surface area contributed by atoms with Crippen molar-refractivity contribution in [3.63, 3.8) is 0 Å². The smallest absolute Gasteiger partial charge is 0.410 e. The number of hydrogen-bond acceptors (Lipinski definition) is 6. The minimum Gasteiger partial charge on any atom is -0.444 e. The molecule has 2 amide bonds. The third kappa shape index (κ3) is 5.62. The molecule has 4 rings (SSSR count). The number of ether oxygens (including phenoxy) is 2. The summed E-state index contributed by atoms with van der Waals surface area (Å²) in [6.07, 6.45) is 7.23. The molecule has 2 atom stereocenters. The van der Waals surface area contributed by atoms with Gasteiger partial charge in [-0.05, 0) is 90.9 Å². The number of carbonyl (C=O) groups excluding carboxylic acids is 4. The van der Waals surface area contributed by atoms with Crippen molar-refractivity contribution in [1.82, 2.24) is 9.80 Å². The Morgan fingerprint density at radius 2 is 1.34 bits per heavy atom. The fourth-order valence-electron chi connectivity index (χ4n) is 4.69. The van der Waals surface area contributed by atoms with Gasteiger partial charge in [0, 0.05) is 13.1 Å². The SMILES string of the molecule is CC(C)(C)OC(=O)N1CC2(CC2)CC1C=O.CC(C)(C)OC(=O)N1CCC2(CC2)[C@@H]1C=O. The van der Waals surface area contributed by atoms with Crippen molar-refractivity contribution in [1.29, 1.82) is 0 Å². The lowest BCUT2D eigenvalue weighted by Gasteiger charge is -2.27. The summed E-state index contributed by atoms with van der Waals surface area (Å²) >= 11 is 0. The quantitative estimate of drug-likeness (QED) is 0.592. The molecule has 2 saturated carbocycles. The molecule has 0 aromatic carbocycles. The van der Waals surface area contributed by atoms with Crippen LogP contribution in [0.5, 0.6) is 0 Å². The number of aldehydes is 2. The minimum atomic E-state index is -0.496. The van der Waals surface area contributed by atoms with Crippen molar-refractivity contribution >= 4 is 24.8 Å². The number of carbonyl (C=O) groups is 4. The third-order valence-corrected chi connectivity index (χ3v) is 6.75. The lowest BCUT2D eigenvalue weighted by atomic mass is 9.98. The van der Waals surface area contributed by atoms with Gasteiger partial charge in [-0.15, -0.1) is 0 Å². The van der Waals surface area contributed by atoms with Crippen LogP contribution in [0.4, 0.5) is 9.59 Å². The summed E-state index contributed by atoms with van der Waals surface area (Å²) in [5.41, 5.74) is -0.658. The van der Waals surface area contributed by atoms with Crippen LogP contribution >= 0.6 is 0 Å². The van der Waals surface area contributed by atoms with Crippen LogP contribution in [0.25, 0.3) is 0 Å².